The zero-order valence-electron chi connectivity index (χ0n) is 11.5. The van der Waals surface area contributed by atoms with Gasteiger partial charge in [-0.15, -0.1) is 11.3 Å². The van der Waals surface area contributed by atoms with Crippen molar-refractivity contribution in [1.82, 2.24) is 0 Å². The maximum atomic E-state index is 6.40. The number of hydrogen-bond acceptors (Lipinski definition) is 2. The topological polar surface area (TPSA) is 26.0 Å². The first-order valence-corrected chi connectivity index (χ1v) is 7.60. The quantitative estimate of drug-likeness (QED) is 0.841. The van der Waals surface area contributed by atoms with E-state index in [2.05, 4.69) is 39.1 Å². The SMILES string of the molecule is Cc1cc(C(C)(C)C2CCC(C)CC2N)cs1. The van der Waals surface area contributed by atoms with Crippen LogP contribution in [0, 0.1) is 18.8 Å². The molecule has 2 N–H and O–H groups in total. The average molecular weight is 251 g/mol. The fourth-order valence-electron chi connectivity index (χ4n) is 3.32. The van der Waals surface area contributed by atoms with Gasteiger partial charge >= 0.3 is 0 Å². The molecule has 1 aliphatic rings. The lowest BCUT2D eigenvalue weighted by Gasteiger charge is -2.42. The van der Waals surface area contributed by atoms with E-state index in [4.69, 9.17) is 5.73 Å². The zero-order chi connectivity index (χ0) is 12.6. The largest absolute Gasteiger partial charge is 0.327 e. The van der Waals surface area contributed by atoms with Crippen LogP contribution in [0.5, 0.6) is 0 Å². The van der Waals surface area contributed by atoms with Crippen molar-refractivity contribution in [2.45, 2.75) is 58.4 Å². The van der Waals surface area contributed by atoms with Crippen LogP contribution in [0.2, 0.25) is 0 Å². The van der Waals surface area contributed by atoms with Gasteiger partial charge in [0.15, 0.2) is 0 Å². The lowest BCUT2D eigenvalue weighted by atomic mass is 9.64. The molecule has 0 amide bonds. The second-order valence-electron chi connectivity index (χ2n) is 6.36. The molecule has 96 valence electrons. The Morgan fingerprint density at radius 2 is 2.06 bits per heavy atom. The minimum Gasteiger partial charge on any atom is -0.327 e. The third-order valence-corrected chi connectivity index (χ3v) is 5.42. The van der Waals surface area contributed by atoms with Crippen molar-refractivity contribution >= 4 is 11.3 Å². The van der Waals surface area contributed by atoms with E-state index >= 15 is 0 Å². The van der Waals surface area contributed by atoms with Crippen LogP contribution in [-0.2, 0) is 5.41 Å². The third kappa shape index (κ3) is 2.58. The standard InChI is InChI=1S/C15H25NS/c1-10-5-6-13(14(16)7-10)15(3,4)12-8-11(2)17-9-12/h8-10,13-14H,5-7,16H2,1-4H3. The van der Waals surface area contributed by atoms with Crippen molar-refractivity contribution in [3.8, 4) is 0 Å². The molecule has 0 aromatic carbocycles. The minimum absolute atomic E-state index is 0.227. The number of hydrogen-bond donors (Lipinski definition) is 1. The van der Waals surface area contributed by atoms with Crippen LogP contribution >= 0.6 is 11.3 Å². The molecule has 0 aliphatic heterocycles. The van der Waals surface area contributed by atoms with Gasteiger partial charge in [-0.05, 0) is 54.0 Å². The van der Waals surface area contributed by atoms with E-state index in [0.717, 1.165) is 5.92 Å². The zero-order valence-corrected chi connectivity index (χ0v) is 12.3. The monoisotopic (exact) mass is 251 g/mol. The first-order valence-electron chi connectivity index (χ1n) is 6.72. The summed E-state index contributed by atoms with van der Waals surface area (Å²) >= 11 is 1.86. The van der Waals surface area contributed by atoms with Gasteiger partial charge in [-0.1, -0.05) is 27.2 Å². The molecule has 1 aromatic heterocycles. The molecule has 3 unspecified atom stereocenters. The smallest absolute Gasteiger partial charge is 0.00780 e. The molecule has 0 radical (unpaired) electrons. The fourth-order valence-corrected chi connectivity index (χ4v) is 4.20. The molecule has 1 heterocycles. The first-order chi connectivity index (χ1) is 7.91. The van der Waals surface area contributed by atoms with Gasteiger partial charge in [0.2, 0.25) is 0 Å². The van der Waals surface area contributed by atoms with Gasteiger partial charge in [0.25, 0.3) is 0 Å². The van der Waals surface area contributed by atoms with E-state index in [1.54, 1.807) is 0 Å². The summed E-state index contributed by atoms with van der Waals surface area (Å²) in [5.41, 5.74) is 8.11. The maximum Gasteiger partial charge on any atom is 0.00780 e. The summed E-state index contributed by atoms with van der Waals surface area (Å²) in [6.45, 7) is 9.26. The van der Waals surface area contributed by atoms with Crippen LogP contribution in [0.4, 0.5) is 0 Å². The summed E-state index contributed by atoms with van der Waals surface area (Å²) in [6.07, 6.45) is 3.81. The van der Waals surface area contributed by atoms with Crippen LogP contribution in [0.3, 0.4) is 0 Å². The molecular weight excluding hydrogens is 226 g/mol. The summed E-state index contributed by atoms with van der Waals surface area (Å²) < 4.78 is 0. The van der Waals surface area contributed by atoms with E-state index in [0.29, 0.717) is 12.0 Å². The highest BCUT2D eigenvalue weighted by atomic mass is 32.1. The summed E-state index contributed by atoms with van der Waals surface area (Å²) in [5.74, 6) is 1.44. The number of thiophene rings is 1. The van der Waals surface area contributed by atoms with Gasteiger partial charge in [-0.3, -0.25) is 0 Å². The predicted octanol–water partition coefficient (Wildman–Crippen LogP) is 4.10. The van der Waals surface area contributed by atoms with Crippen LogP contribution in [-0.4, -0.2) is 6.04 Å². The first kappa shape index (κ1) is 13.1. The summed E-state index contributed by atoms with van der Waals surface area (Å²) in [7, 11) is 0. The molecule has 1 aromatic rings. The molecular formula is C15H25NS. The van der Waals surface area contributed by atoms with Crippen molar-refractivity contribution in [2.24, 2.45) is 17.6 Å². The number of nitrogens with two attached hydrogens (primary N) is 1. The van der Waals surface area contributed by atoms with Gasteiger partial charge < -0.3 is 5.73 Å². The highest BCUT2D eigenvalue weighted by Gasteiger charge is 2.38. The Morgan fingerprint density at radius 1 is 1.35 bits per heavy atom. The second kappa shape index (κ2) is 4.74. The highest BCUT2D eigenvalue weighted by molar-refractivity contribution is 7.10. The average Bonchev–Trinajstić information content (AvgIpc) is 2.64. The Bertz CT molecular complexity index is 380. The molecule has 0 bridgehead atoms. The van der Waals surface area contributed by atoms with Crippen LogP contribution < -0.4 is 5.73 Å². The second-order valence-corrected chi connectivity index (χ2v) is 7.47. The summed E-state index contributed by atoms with van der Waals surface area (Å²) in [6, 6.07) is 2.71. The fraction of sp³-hybridized carbons (Fsp3) is 0.733. The van der Waals surface area contributed by atoms with Crippen LogP contribution in [0.25, 0.3) is 0 Å². The van der Waals surface area contributed by atoms with E-state index in [1.807, 2.05) is 11.3 Å². The molecule has 0 spiro atoms. The Morgan fingerprint density at radius 3 is 2.59 bits per heavy atom. The molecule has 17 heavy (non-hydrogen) atoms. The molecule has 0 saturated heterocycles. The van der Waals surface area contributed by atoms with Crippen molar-refractivity contribution in [2.75, 3.05) is 0 Å². The molecule has 1 fully saturated rings. The summed E-state index contributed by atoms with van der Waals surface area (Å²) in [5, 5.41) is 2.32. The predicted molar refractivity (Wildman–Crippen MR) is 76.6 cm³/mol. The van der Waals surface area contributed by atoms with Gasteiger partial charge in [0.05, 0.1) is 0 Å². The lowest BCUT2D eigenvalue weighted by Crippen LogP contribution is -2.45. The van der Waals surface area contributed by atoms with Crippen LogP contribution in [0.15, 0.2) is 11.4 Å². The lowest BCUT2D eigenvalue weighted by molar-refractivity contribution is 0.171. The van der Waals surface area contributed by atoms with E-state index in [1.165, 1.54) is 29.7 Å². The summed E-state index contributed by atoms with van der Waals surface area (Å²) in [4.78, 5) is 1.41. The van der Waals surface area contributed by atoms with Crippen molar-refractivity contribution in [3.05, 3.63) is 21.9 Å². The number of rotatable bonds is 2. The maximum absolute atomic E-state index is 6.40. The normalized spacial score (nSPS) is 30.5. The molecule has 2 rings (SSSR count). The Hall–Kier alpha value is -0.340. The molecule has 1 nitrogen and oxygen atoms in total. The van der Waals surface area contributed by atoms with E-state index in [9.17, 15) is 0 Å². The Balaban J connectivity index is 2.20. The third-order valence-electron chi connectivity index (χ3n) is 4.56. The molecule has 1 saturated carbocycles. The highest BCUT2D eigenvalue weighted by Crippen LogP contribution is 2.42. The minimum atomic E-state index is 0.227. The van der Waals surface area contributed by atoms with Gasteiger partial charge in [-0.2, -0.15) is 0 Å². The van der Waals surface area contributed by atoms with E-state index < -0.39 is 0 Å². The van der Waals surface area contributed by atoms with Gasteiger partial charge in [0, 0.05) is 10.9 Å². The Labute approximate surface area is 109 Å². The molecule has 3 atom stereocenters. The Kier molecular flexibility index (Phi) is 3.65. The molecule has 2 heteroatoms. The van der Waals surface area contributed by atoms with Crippen LogP contribution in [0.1, 0.15) is 50.5 Å². The molecule has 1 aliphatic carbocycles. The van der Waals surface area contributed by atoms with Crippen molar-refractivity contribution < 1.29 is 0 Å². The van der Waals surface area contributed by atoms with Gasteiger partial charge in [0.1, 0.15) is 0 Å². The number of aryl methyl sites for hydroxylation is 1. The van der Waals surface area contributed by atoms with Crippen molar-refractivity contribution in [3.63, 3.8) is 0 Å². The van der Waals surface area contributed by atoms with Crippen molar-refractivity contribution in [1.29, 1.82) is 0 Å². The van der Waals surface area contributed by atoms with E-state index in [-0.39, 0.29) is 5.41 Å². The van der Waals surface area contributed by atoms with Gasteiger partial charge in [-0.25, -0.2) is 0 Å².